The minimum Gasteiger partial charge on any atom is -0.463 e. The molecule has 6 heteroatoms. The lowest BCUT2D eigenvalue weighted by Crippen LogP contribution is -3.10. The fourth-order valence-electron chi connectivity index (χ4n) is 2.95. The van der Waals surface area contributed by atoms with E-state index in [9.17, 15) is 10.1 Å². The molecule has 1 aliphatic carbocycles. The van der Waals surface area contributed by atoms with Gasteiger partial charge in [-0.15, -0.1) is 0 Å². The number of furan rings is 2. The number of nitrogens with zero attached hydrogens (tertiary/aromatic N) is 1. The average Bonchev–Trinajstić information content (AvgIpc) is 3.07. The van der Waals surface area contributed by atoms with Gasteiger partial charge >= 0.3 is 0 Å². The van der Waals surface area contributed by atoms with E-state index >= 15 is 0 Å². The first-order valence-corrected chi connectivity index (χ1v) is 8.19. The highest BCUT2D eigenvalue weighted by atomic mass is 16.3. The SMILES string of the molecule is C[C@](C#N)(NC(=O)C[NH+](Cc1ccco1)Cc1ccco1)C1CC1. The summed E-state index contributed by atoms with van der Waals surface area (Å²) < 4.78 is 10.8. The first-order valence-electron chi connectivity index (χ1n) is 8.19. The van der Waals surface area contributed by atoms with Crippen LogP contribution in [0.1, 0.15) is 31.3 Å². The minimum absolute atomic E-state index is 0.126. The van der Waals surface area contributed by atoms with Crippen LogP contribution in [0.15, 0.2) is 45.6 Å². The Morgan fingerprint density at radius 3 is 2.29 bits per heavy atom. The van der Waals surface area contributed by atoms with Crippen LogP contribution >= 0.6 is 0 Å². The van der Waals surface area contributed by atoms with Gasteiger partial charge in [0, 0.05) is 0 Å². The average molecular weight is 328 g/mol. The van der Waals surface area contributed by atoms with Crippen molar-refractivity contribution in [2.45, 2.75) is 38.4 Å². The summed E-state index contributed by atoms with van der Waals surface area (Å²) in [6, 6.07) is 9.71. The van der Waals surface area contributed by atoms with E-state index < -0.39 is 5.54 Å². The molecule has 2 aromatic heterocycles. The molecule has 1 amide bonds. The number of amides is 1. The predicted molar refractivity (Wildman–Crippen MR) is 85.5 cm³/mol. The van der Waals surface area contributed by atoms with Crippen LogP contribution in [0.25, 0.3) is 0 Å². The molecule has 0 bridgehead atoms. The number of hydrogen-bond acceptors (Lipinski definition) is 4. The van der Waals surface area contributed by atoms with E-state index in [0.717, 1.165) is 29.3 Å². The Kier molecular flexibility index (Phi) is 4.72. The Balaban J connectivity index is 1.64. The number of carbonyl (C=O) groups is 1. The van der Waals surface area contributed by atoms with Crippen molar-refractivity contribution in [1.29, 1.82) is 5.26 Å². The quantitative estimate of drug-likeness (QED) is 0.764. The van der Waals surface area contributed by atoms with E-state index in [1.807, 2.05) is 24.3 Å². The van der Waals surface area contributed by atoms with Crippen molar-refractivity contribution in [3.8, 4) is 6.07 Å². The molecular formula is C18H22N3O3+. The molecule has 1 aliphatic rings. The smallest absolute Gasteiger partial charge is 0.276 e. The zero-order valence-corrected chi connectivity index (χ0v) is 13.7. The van der Waals surface area contributed by atoms with Crippen molar-refractivity contribution in [2.24, 2.45) is 5.92 Å². The van der Waals surface area contributed by atoms with Gasteiger partial charge in [-0.2, -0.15) is 5.26 Å². The van der Waals surface area contributed by atoms with Gasteiger partial charge in [-0.3, -0.25) is 4.79 Å². The van der Waals surface area contributed by atoms with Crippen LogP contribution in [0.5, 0.6) is 0 Å². The zero-order valence-electron chi connectivity index (χ0n) is 13.7. The summed E-state index contributed by atoms with van der Waals surface area (Å²) in [6.07, 6.45) is 5.25. The van der Waals surface area contributed by atoms with Crippen molar-refractivity contribution in [3.05, 3.63) is 48.3 Å². The molecule has 24 heavy (non-hydrogen) atoms. The summed E-state index contributed by atoms with van der Waals surface area (Å²) in [5.41, 5.74) is -0.766. The summed E-state index contributed by atoms with van der Waals surface area (Å²) >= 11 is 0. The lowest BCUT2D eigenvalue weighted by Gasteiger charge is -2.24. The number of rotatable bonds is 8. The van der Waals surface area contributed by atoms with Crippen LogP contribution < -0.4 is 10.2 Å². The second-order valence-electron chi connectivity index (χ2n) is 6.58. The molecule has 1 atom stereocenters. The number of nitrogens with one attached hydrogen (secondary N) is 2. The van der Waals surface area contributed by atoms with Gasteiger partial charge < -0.3 is 19.1 Å². The van der Waals surface area contributed by atoms with Crippen molar-refractivity contribution in [3.63, 3.8) is 0 Å². The molecule has 0 aliphatic heterocycles. The van der Waals surface area contributed by atoms with Crippen molar-refractivity contribution in [2.75, 3.05) is 6.54 Å². The number of carbonyl (C=O) groups excluding carboxylic acids is 1. The lowest BCUT2D eigenvalue weighted by molar-refractivity contribution is -0.921. The van der Waals surface area contributed by atoms with Gasteiger partial charge in [0.05, 0.1) is 18.6 Å². The molecular weight excluding hydrogens is 306 g/mol. The van der Waals surface area contributed by atoms with Crippen LogP contribution in [-0.2, 0) is 17.9 Å². The fourth-order valence-corrected chi connectivity index (χ4v) is 2.95. The molecule has 1 saturated carbocycles. The van der Waals surface area contributed by atoms with Crippen LogP contribution in [-0.4, -0.2) is 18.0 Å². The van der Waals surface area contributed by atoms with E-state index in [4.69, 9.17) is 8.83 Å². The van der Waals surface area contributed by atoms with E-state index in [0.29, 0.717) is 13.1 Å². The molecule has 2 aromatic rings. The fraction of sp³-hybridized carbons (Fsp3) is 0.444. The van der Waals surface area contributed by atoms with Gasteiger partial charge in [-0.1, -0.05) is 0 Å². The van der Waals surface area contributed by atoms with E-state index in [2.05, 4.69) is 11.4 Å². The highest BCUT2D eigenvalue weighted by molar-refractivity contribution is 5.78. The van der Waals surface area contributed by atoms with Gasteiger partial charge in [0.2, 0.25) is 0 Å². The number of hydrogen-bond donors (Lipinski definition) is 2. The molecule has 0 aromatic carbocycles. The molecule has 1 fully saturated rings. The van der Waals surface area contributed by atoms with E-state index in [-0.39, 0.29) is 18.4 Å². The van der Waals surface area contributed by atoms with Crippen LogP contribution in [0, 0.1) is 17.2 Å². The van der Waals surface area contributed by atoms with Crippen molar-refractivity contribution in [1.82, 2.24) is 5.32 Å². The molecule has 6 nitrogen and oxygen atoms in total. The highest BCUT2D eigenvalue weighted by Crippen LogP contribution is 2.39. The predicted octanol–water partition coefficient (Wildman–Crippen LogP) is 1.27. The van der Waals surface area contributed by atoms with E-state index in [1.165, 1.54) is 0 Å². The van der Waals surface area contributed by atoms with Gasteiger partial charge in [0.25, 0.3) is 5.91 Å². The maximum absolute atomic E-state index is 12.5. The van der Waals surface area contributed by atoms with Crippen LogP contribution in [0.3, 0.4) is 0 Å². The first kappa shape index (κ1) is 16.3. The Bertz CT molecular complexity index is 662. The summed E-state index contributed by atoms with van der Waals surface area (Å²) in [6.45, 7) is 3.22. The summed E-state index contributed by atoms with van der Waals surface area (Å²) in [7, 11) is 0. The largest absolute Gasteiger partial charge is 0.463 e. The summed E-state index contributed by atoms with van der Waals surface area (Å²) in [4.78, 5) is 13.5. The minimum atomic E-state index is -0.766. The van der Waals surface area contributed by atoms with Crippen LogP contribution in [0.2, 0.25) is 0 Å². The highest BCUT2D eigenvalue weighted by Gasteiger charge is 2.43. The third-order valence-corrected chi connectivity index (χ3v) is 4.44. The zero-order chi connectivity index (χ0) is 17.0. The van der Waals surface area contributed by atoms with Gasteiger partial charge in [0.15, 0.2) is 18.1 Å². The first-order chi connectivity index (χ1) is 11.6. The molecule has 3 rings (SSSR count). The molecule has 0 radical (unpaired) electrons. The molecule has 2 N–H and O–H groups in total. The Labute approximate surface area is 141 Å². The number of nitriles is 1. The van der Waals surface area contributed by atoms with Gasteiger partial charge in [-0.25, -0.2) is 0 Å². The van der Waals surface area contributed by atoms with Crippen molar-refractivity contribution < 1.29 is 18.5 Å². The Morgan fingerprint density at radius 1 is 1.29 bits per heavy atom. The van der Waals surface area contributed by atoms with Crippen molar-refractivity contribution >= 4 is 5.91 Å². The molecule has 2 heterocycles. The lowest BCUT2D eigenvalue weighted by atomic mass is 9.98. The third-order valence-electron chi connectivity index (χ3n) is 4.44. The standard InChI is InChI=1S/C18H21N3O3/c1-18(13-19,14-6-7-14)20-17(22)12-21(10-15-4-2-8-23-15)11-16-5-3-9-24-16/h2-5,8-9,14H,6-7,10-12H2,1H3,(H,20,22)/p+1/t18-/m1/s1. The normalized spacial score (nSPS) is 16.5. The Hall–Kier alpha value is -2.52. The van der Waals surface area contributed by atoms with Crippen LogP contribution in [0.4, 0.5) is 0 Å². The van der Waals surface area contributed by atoms with Gasteiger partial charge in [-0.05, 0) is 49.9 Å². The maximum atomic E-state index is 12.5. The molecule has 0 unspecified atom stereocenters. The topological polar surface area (TPSA) is 83.6 Å². The van der Waals surface area contributed by atoms with E-state index in [1.54, 1.807) is 19.5 Å². The Morgan fingerprint density at radius 2 is 1.88 bits per heavy atom. The second-order valence-corrected chi connectivity index (χ2v) is 6.58. The molecule has 0 spiro atoms. The second kappa shape index (κ2) is 6.93. The molecule has 126 valence electrons. The summed E-state index contributed by atoms with van der Waals surface area (Å²) in [5, 5.41) is 12.3. The maximum Gasteiger partial charge on any atom is 0.276 e. The molecule has 0 saturated heterocycles. The number of quaternary nitrogens is 1. The third kappa shape index (κ3) is 4.06. The monoisotopic (exact) mass is 328 g/mol. The summed E-state index contributed by atoms with van der Waals surface area (Å²) in [5.74, 6) is 1.77. The van der Waals surface area contributed by atoms with Gasteiger partial charge in [0.1, 0.15) is 18.6 Å².